The van der Waals surface area contributed by atoms with Crippen molar-refractivity contribution in [3.8, 4) is 0 Å². The molecule has 156 valence electrons. The average Bonchev–Trinajstić information content (AvgIpc) is 2.34. The molecule has 0 amide bonds. The van der Waals surface area contributed by atoms with Crippen molar-refractivity contribution >= 4 is 16.3 Å². The maximum atomic E-state index is 13.3. The first-order chi connectivity index (χ1) is 10.9. The molecule has 0 aromatic rings. The van der Waals surface area contributed by atoms with Crippen LogP contribution in [-0.4, -0.2) is 49.7 Å². The van der Waals surface area contributed by atoms with E-state index in [1.54, 1.807) is 0 Å². The first-order valence-electron chi connectivity index (χ1n) is 5.01. The van der Waals surface area contributed by atoms with Gasteiger partial charge in [-0.3, -0.25) is 9.53 Å². The molecule has 0 spiro atoms. The molecule has 0 heterocycles. The molecule has 0 saturated heterocycles. The summed E-state index contributed by atoms with van der Waals surface area (Å²) in [4.78, 5) is 9.63. The van der Waals surface area contributed by atoms with Crippen LogP contribution in [0.5, 0.6) is 0 Å². The van der Waals surface area contributed by atoms with Gasteiger partial charge in [-0.05, 0) is 0 Å². The highest BCUT2D eigenvalue weighted by Crippen LogP contribution is 2.57. The zero-order valence-electron chi connectivity index (χ0n) is 10.8. The Balaban J connectivity index is 6.64. The van der Waals surface area contributed by atoms with E-state index >= 15 is 0 Å². The summed E-state index contributed by atoms with van der Waals surface area (Å²) in [5, 5.41) is -7.51. The van der Waals surface area contributed by atoms with E-state index in [-0.39, 0.29) is 0 Å². The summed E-state index contributed by atoms with van der Waals surface area (Å²) in [6, 6.07) is -4.74. The Morgan fingerprint density at radius 1 is 0.769 bits per heavy atom. The Morgan fingerprint density at radius 2 is 1.12 bits per heavy atom. The van der Waals surface area contributed by atoms with Gasteiger partial charge >= 0.3 is 51.5 Å². The minimum atomic E-state index is -8.00. The summed E-state index contributed by atoms with van der Waals surface area (Å²) in [7, 11) is -7.99. The molecule has 0 aliphatic carbocycles. The fourth-order valence-corrected chi connectivity index (χ4v) is 1.33. The van der Waals surface area contributed by atoms with Gasteiger partial charge in [0.1, 0.15) is 0 Å². The van der Waals surface area contributed by atoms with E-state index in [0.717, 1.165) is 0 Å². The topological polar surface area (TPSA) is 60.4 Å². The molecule has 26 heavy (non-hydrogen) atoms. The van der Waals surface area contributed by atoms with Gasteiger partial charge in [-0.15, -0.1) is 0 Å². The zero-order chi connectivity index (χ0) is 21.8. The Morgan fingerprint density at radius 3 is 1.35 bits per heavy atom. The lowest BCUT2D eigenvalue weighted by Crippen LogP contribution is -2.69. The zero-order valence-corrected chi connectivity index (χ0v) is 11.6. The number of carbonyl (C=O) groups excluding carboxylic acids is 1. The molecule has 19 heteroatoms. The number of ether oxygens (including phenoxy) is 1. The van der Waals surface area contributed by atoms with Crippen LogP contribution < -0.4 is 0 Å². The molecule has 0 aliphatic rings. The van der Waals surface area contributed by atoms with E-state index in [1.807, 2.05) is 0 Å². The summed E-state index contributed by atoms with van der Waals surface area (Å²) in [5.74, 6) is -23.4. The van der Waals surface area contributed by atoms with Crippen molar-refractivity contribution in [1.82, 2.24) is 0 Å². The van der Waals surface area contributed by atoms with E-state index < -0.39 is 51.5 Å². The van der Waals surface area contributed by atoms with Gasteiger partial charge in [0.05, 0.1) is 0 Å². The van der Waals surface area contributed by atoms with Gasteiger partial charge in [0.15, 0.2) is 0 Å². The van der Waals surface area contributed by atoms with Gasteiger partial charge in [0.25, 0.3) is 0 Å². The van der Waals surface area contributed by atoms with Crippen molar-refractivity contribution in [3.63, 3.8) is 0 Å². The number of hydrogen-bond acceptors (Lipinski definition) is 4. The lowest BCUT2D eigenvalue weighted by Gasteiger charge is -2.38. The lowest BCUT2D eigenvalue weighted by molar-refractivity contribution is -0.492. The van der Waals surface area contributed by atoms with Crippen LogP contribution in [0.3, 0.4) is 0 Å². The molecule has 0 bridgehead atoms. The Kier molecular flexibility index (Phi) is 5.73. The van der Waals surface area contributed by atoms with Crippen LogP contribution in [-0.2, 0) is 19.8 Å². The van der Waals surface area contributed by atoms with Crippen LogP contribution in [0, 0.1) is 0 Å². The van der Waals surface area contributed by atoms with Crippen LogP contribution in [0.15, 0.2) is 0 Å². The van der Waals surface area contributed by atoms with Gasteiger partial charge in [-0.2, -0.15) is 65.5 Å². The molecule has 1 unspecified atom stereocenters. The number of rotatable bonds is 7. The number of halogens is 14. The van der Waals surface area contributed by atoms with Crippen LogP contribution in [0.4, 0.5) is 61.0 Å². The fraction of sp³-hybridized carbons (Fsp3) is 0.857. The molecule has 1 atom stereocenters. The Hall–Kier alpha value is -1.40. The second kappa shape index (κ2) is 6.06. The number of alkyl halides is 12. The van der Waals surface area contributed by atoms with E-state index in [2.05, 4.69) is 0 Å². The predicted molar refractivity (Wildman–Crippen MR) is 46.9 cm³/mol. The summed E-state index contributed by atoms with van der Waals surface area (Å²) >= 11 is 0. The average molecular weight is 446 g/mol. The second-order valence-electron chi connectivity index (χ2n) is 4.09. The van der Waals surface area contributed by atoms with Gasteiger partial charge < -0.3 is 0 Å². The first-order valence-corrected chi connectivity index (χ1v) is 6.39. The van der Waals surface area contributed by atoms with Crippen molar-refractivity contribution in [2.24, 2.45) is 0 Å². The number of hydrogen-bond donors (Lipinski definition) is 0. The quantitative estimate of drug-likeness (QED) is 0.444. The van der Waals surface area contributed by atoms with E-state index in [0.29, 0.717) is 0 Å². The second-order valence-corrected chi connectivity index (χ2v) is 5.48. The van der Waals surface area contributed by atoms with E-state index in [9.17, 15) is 74.2 Å². The van der Waals surface area contributed by atoms with Crippen molar-refractivity contribution in [3.05, 3.63) is 0 Å². The lowest BCUT2D eigenvalue weighted by atomic mass is 10.0. The fourth-order valence-electron chi connectivity index (χ4n) is 1.00. The van der Waals surface area contributed by atoms with Crippen LogP contribution in [0.1, 0.15) is 0 Å². The molecule has 0 N–H and O–H groups in total. The van der Waals surface area contributed by atoms with Gasteiger partial charge in [-0.25, -0.2) is 0 Å². The van der Waals surface area contributed by atoms with Crippen molar-refractivity contribution in [2.45, 2.75) is 35.2 Å². The highest BCUT2D eigenvalue weighted by Gasteiger charge is 2.87. The molecule has 0 aromatic heterocycles. The van der Waals surface area contributed by atoms with Crippen LogP contribution in [0.25, 0.3) is 0 Å². The van der Waals surface area contributed by atoms with Gasteiger partial charge in [-0.1, -0.05) is 3.89 Å². The Labute approximate surface area is 131 Å². The Bertz CT molecular complexity index is 665. The third-order valence-electron chi connectivity index (χ3n) is 2.32. The smallest absolute Gasteiger partial charge is 0.264 e. The molecule has 4 nitrogen and oxygen atoms in total. The summed E-state index contributed by atoms with van der Waals surface area (Å²) in [6.45, 7) is 0. The third-order valence-corrected chi connectivity index (χ3v) is 3.17. The predicted octanol–water partition coefficient (Wildman–Crippen LogP) is 3.48. The third kappa shape index (κ3) is 3.41. The monoisotopic (exact) mass is 446 g/mol. The molecule has 0 radical (unpaired) electrons. The molecule has 0 saturated carbocycles. The highest BCUT2D eigenvalue weighted by atomic mass is 32.3. The largest absolute Gasteiger partial charge is 0.464 e. The van der Waals surface area contributed by atoms with Crippen LogP contribution >= 0.6 is 0 Å². The minimum absolute atomic E-state index is 1.24. The normalized spacial score (nSPS) is 17.8. The van der Waals surface area contributed by atoms with E-state index in [4.69, 9.17) is 0 Å². The summed E-state index contributed by atoms with van der Waals surface area (Å²) < 4.78 is 196. The van der Waals surface area contributed by atoms with Crippen molar-refractivity contribution in [2.75, 3.05) is 0 Å². The van der Waals surface area contributed by atoms with Crippen molar-refractivity contribution in [1.29, 1.82) is 0 Å². The molecular weight excluding hydrogens is 446 g/mol. The molecule has 0 aromatic carbocycles. The summed E-state index contributed by atoms with van der Waals surface area (Å²) in [5.41, 5.74) is 0. The molecule has 0 rings (SSSR count). The van der Waals surface area contributed by atoms with Crippen LogP contribution in [0.2, 0.25) is 0 Å². The molecule has 0 aliphatic heterocycles. The minimum Gasteiger partial charge on any atom is -0.264 e. The maximum Gasteiger partial charge on any atom is 0.464 e. The standard InChI is InChI=1S/C7F14O4S/c8-1(22)2(9,10)3(11,12)4(13,5(14,15)16)25-6(17,18)7(19,20)26(21,23)24. The maximum absolute atomic E-state index is 13.3. The SMILES string of the molecule is O=C(F)C(F)(F)C(F)(F)C(F)(OC(F)(F)C(F)(F)S(=O)(=O)F)C(F)(F)F. The summed E-state index contributed by atoms with van der Waals surface area (Å²) in [6.07, 6.45) is -15.5. The van der Waals surface area contributed by atoms with E-state index in [1.165, 1.54) is 4.74 Å². The highest BCUT2D eigenvalue weighted by molar-refractivity contribution is 7.87. The number of carbonyl (C=O) groups is 1. The molecule has 0 fully saturated rings. The van der Waals surface area contributed by atoms with Crippen molar-refractivity contribution < 1.29 is 78.9 Å². The first kappa shape index (κ1) is 24.6. The molecular formula is C7F14O4S. The van der Waals surface area contributed by atoms with Gasteiger partial charge in [0.2, 0.25) is 0 Å². The van der Waals surface area contributed by atoms with Gasteiger partial charge in [0, 0.05) is 0 Å².